The summed E-state index contributed by atoms with van der Waals surface area (Å²) >= 11 is 0. The fourth-order valence-corrected chi connectivity index (χ4v) is 2.50. The minimum Gasteiger partial charge on any atom is -0.340 e. The number of nitrogens with zero attached hydrogens (tertiary/aromatic N) is 2. The first-order valence-corrected chi connectivity index (χ1v) is 7.90. The van der Waals surface area contributed by atoms with Gasteiger partial charge in [-0.05, 0) is 36.8 Å². The van der Waals surface area contributed by atoms with E-state index >= 15 is 0 Å². The predicted octanol–water partition coefficient (Wildman–Crippen LogP) is 3.88. The Morgan fingerprint density at radius 3 is 2.58 bits per heavy atom. The zero-order chi connectivity index (χ0) is 16.8. The van der Waals surface area contributed by atoms with Gasteiger partial charge in [-0.1, -0.05) is 30.3 Å². The zero-order valence-electron chi connectivity index (χ0n) is 13.6. The molecule has 0 saturated carbocycles. The molecular formula is C20H19N3O. The largest absolute Gasteiger partial charge is 0.340 e. The Labute approximate surface area is 141 Å². The number of ketones is 1. The molecule has 0 bridgehead atoms. The molecule has 0 unspecified atom stereocenters. The minimum absolute atomic E-state index is 0.143. The lowest BCUT2D eigenvalue weighted by molar-refractivity contribution is -0.117. The summed E-state index contributed by atoms with van der Waals surface area (Å²) in [6, 6.07) is 17.5. The molecule has 0 aliphatic heterocycles. The van der Waals surface area contributed by atoms with Crippen molar-refractivity contribution in [1.29, 1.82) is 0 Å². The van der Waals surface area contributed by atoms with Crippen LogP contribution >= 0.6 is 0 Å². The first kappa shape index (κ1) is 15.9. The van der Waals surface area contributed by atoms with Crippen LogP contribution in [0.3, 0.4) is 0 Å². The second-order valence-corrected chi connectivity index (χ2v) is 5.70. The number of anilines is 2. The zero-order valence-corrected chi connectivity index (χ0v) is 13.6. The molecular weight excluding hydrogens is 298 g/mol. The minimum atomic E-state index is 0.143. The van der Waals surface area contributed by atoms with E-state index in [0.717, 1.165) is 28.3 Å². The summed E-state index contributed by atoms with van der Waals surface area (Å²) in [6.07, 6.45) is 4.16. The molecule has 0 radical (unpaired) electrons. The number of carbonyl (C=O) groups excluding carboxylic acids is 1. The summed E-state index contributed by atoms with van der Waals surface area (Å²) in [5.74, 6) is 0.880. The number of nitrogens with one attached hydrogen (secondary N) is 1. The van der Waals surface area contributed by atoms with E-state index in [1.54, 1.807) is 12.4 Å². The Balaban J connectivity index is 1.76. The van der Waals surface area contributed by atoms with Gasteiger partial charge in [0, 0.05) is 42.2 Å². The number of aromatic nitrogens is 2. The quantitative estimate of drug-likeness (QED) is 0.749. The van der Waals surface area contributed by atoms with E-state index in [1.165, 1.54) is 0 Å². The molecule has 0 saturated heterocycles. The van der Waals surface area contributed by atoms with Crippen molar-refractivity contribution in [1.82, 2.24) is 9.97 Å². The smallest absolute Gasteiger partial charge is 0.141 e. The van der Waals surface area contributed by atoms with Crippen LogP contribution in [0.25, 0.3) is 0 Å². The van der Waals surface area contributed by atoms with Crippen LogP contribution in [-0.2, 0) is 17.6 Å². The summed E-state index contributed by atoms with van der Waals surface area (Å²) in [5.41, 5.74) is 3.70. The molecule has 2 heterocycles. The summed E-state index contributed by atoms with van der Waals surface area (Å²) in [6.45, 7) is 1.94. The fraction of sp³-hybridized carbons (Fsp3) is 0.150. The standard InChI is InChI=1S/C20H19N3O/c1-15-9-10-17(13-19(24)12-16-6-5-11-21-14-16)20(22-15)23-18-7-3-2-4-8-18/h2-11,14H,12-13H2,1H3,(H,22,23). The number of hydrogen-bond acceptors (Lipinski definition) is 4. The predicted molar refractivity (Wildman–Crippen MR) is 95.4 cm³/mol. The summed E-state index contributed by atoms with van der Waals surface area (Å²) < 4.78 is 0. The molecule has 3 rings (SSSR count). The number of carbonyl (C=O) groups is 1. The van der Waals surface area contributed by atoms with Crippen LogP contribution in [0, 0.1) is 6.92 Å². The SMILES string of the molecule is Cc1ccc(CC(=O)Cc2cccnc2)c(Nc2ccccc2)n1. The molecule has 0 spiro atoms. The van der Waals surface area contributed by atoms with Gasteiger partial charge in [-0.2, -0.15) is 0 Å². The highest BCUT2D eigenvalue weighted by atomic mass is 16.1. The van der Waals surface area contributed by atoms with Crippen molar-refractivity contribution in [2.45, 2.75) is 19.8 Å². The van der Waals surface area contributed by atoms with Gasteiger partial charge in [0.15, 0.2) is 0 Å². The first-order valence-electron chi connectivity index (χ1n) is 7.90. The molecule has 0 amide bonds. The molecule has 120 valence electrons. The number of para-hydroxylation sites is 1. The Morgan fingerprint density at radius 1 is 1.00 bits per heavy atom. The Bertz CT molecular complexity index is 817. The lowest BCUT2D eigenvalue weighted by Crippen LogP contribution is -2.09. The number of pyridine rings is 2. The van der Waals surface area contributed by atoms with Crippen molar-refractivity contribution in [2.75, 3.05) is 5.32 Å². The van der Waals surface area contributed by atoms with Crippen LogP contribution in [0.4, 0.5) is 11.5 Å². The van der Waals surface area contributed by atoms with Crippen LogP contribution in [-0.4, -0.2) is 15.8 Å². The van der Waals surface area contributed by atoms with Gasteiger partial charge in [-0.15, -0.1) is 0 Å². The van der Waals surface area contributed by atoms with Crippen LogP contribution in [0.2, 0.25) is 0 Å². The van der Waals surface area contributed by atoms with E-state index in [4.69, 9.17) is 0 Å². The Kier molecular flexibility index (Phi) is 4.96. The number of aryl methyl sites for hydroxylation is 1. The van der Waals surface area contributed by atoms with Gasteiger partial charge >= 0.3 is 0 Å². The molecule has 0 atom stereocenters. The normalized spacial score (nSPS) is 10.4. The van der Waals surface area contributed by atoms with Gasteiger partial charge in [0.2, 0.25) is 0 Å². The maximum absolute atomic E-state index is 12.4. The van der Waals surface area contributed by atoms with Gasteiger partial charge in [0.25, 0.3) is 0 Å². The van der Waals surface area contributed by atoms with Crippen molar-refractivity contribution < 1.29 is 4.79 Å². The number of benzene rings is 1. The van der Waals surface area contributed by atoms with Gasteiger partial charge in [0.1, 0.15) is 11.6 Å². The average molecular weight is 317 g/mol. The number of Topliss-reactive ketones (excluding diaryl/α,β-unsaturated/α-hetero) is 1. The molecule has 0 fully saturated rings. The molecule has 1 N–H and O–H groups in total. The van der Waals surface area contributed by atoms with E-state index in [0.29, 0.717) is 12.8 Å². The number of hydrogen-bond donors (Lipinski definition) is 1. The van der Waals surface area contributed by atoms with E-state index in [2.05, 4.69) is 15.3 Å². The number of rotatable bonds is 6. The summed E-state index contributed by atoms with van der Waals surface area (Å²) in [7, 11) is 0. The van der Waals surface area contributed by atoms with Crippen molar-refractivity contribution in [3.05, 3.63) is 83.8 Å². The van der Waals surface area contributed by atoms with E-state index in [9.17, 15) is 4.79 Å². The third-order valence-corrected chi connectivity index (χ3v) is 3.67. The Morgan fingerprint density at radius 2 is 1.83 bits per heavy atom. The highest BCUT2D eigenvalue weighted by molar-refractivity contribution is 5.84. The van der Waals surface area contributed by atoms with Crippen LogP contribution in [0.1, 0.15) is 16.8 Å². The third-order valence-electron chi connectivity index (χ3n) is 3.67. The molecule has 4 heteroatoms. The van der Waals surface area contributed by atoms with Gasteiger partial charge in [-0.25, -0.2) is 4.98 Å². The van der Waals surface area contributed by atoms with Crippen LogP contribution in [0.5, 0.6) is 0 Å². The molecule has 2 aromatic heterocycles. The maximum Gasteiger partial charge on any atom is 0.141 e. The maximum atomic E-state index is 12.4. The molecule has 0 aliphatic carbocycles. The van der Waals surface area contributed by atoms with Crippen molar-refractivity contribution in [2.24, 2.45) is 0 Å². The second kappa shape index (κ2) is 7.51. The molecule has 3 aromatic rings. The highest BCUT2D eigenvalue weighted by Gasteiger charge is 2.11. The van der Waals surface area contributed by atoms with E-state index in [1.807, 2.05) is 61.5 Å². The molecule has 0 aliphatic rings. The van der Waals surface area contributed by atoms with Gasteiger partial charge in [0.05, 0.1) is 0 Å². The highest BCUT2D eigenvalue weighted by Crippen LogP contribution is 2.20. The molecule has 24 heavy (non-hydrogen) atoms. The second-order valence-electron chi connectivity index (χ2n) is 5.70. The van der Waals surface area contributed by atoms with Gasteiger partial charge < -0.3 is 5.32 Å². The van der Waals surface area contributed by atoms with E-state index < -0.39 is 0 Å². The topological polar surface area (TPSA) is 54.9 Å². The average Bonchev–Trinajstić information content (AvgIpc) is 2.59. The lowest BCUT2D eigenvalue weighted by atomic mass is 10.0. The molecule has 1 aromatic carbocycles. The van der Waals surface area contributed by atoms with Crippen molar-refractivity contribution in [3.8, 4) is 0 Å². The monoisotopic (exact) mass is 317 g/mol. The van der Waals surface area contributed by atoms with Crippen molar-refractivity contribution >= 4 is 17.3 Å². The van der Waals surface area contributed by atoms with E-state index in [-0.39, 0.29) is 5.78 Å². The molecule has 4 nitrogen and oxygen atoms in total. The fourth-order valence-electron chi connectivity index (χ4n) is 2.50. The summed E-state index contributed by atoms with van der Waals surface area (Å²) in [5, 5.41) is 3.31. The van der Waals surface area contributed by atoms with Crippen LogP contribution in [0.15, 0.2) is 67.0 Å². The third kappa shape index (κ3) is 4.26. The van der Waals surface area contributed by atoms with Gasteiger partial charge in [-0.3, -0.25) is 9.78 Å². The Hall–Kier alpha value is -3.01. The van der Waals surface area contributed by atoms with Crippen molar-refractivity contribution in [3.63, 3.8) is 0 Å². The van der Waals surface area contributed by atoms with Crippen LogP contribution < -0.4 is 5.32 Å². The first-order chi connectivity index (χ1) is 11.7. The summed E-state index contributed by atoms with van der Waals surface area (Å²) in [4.78, 5) is 21.0. The lowest BCUT2D eigenvalue weighted by Gasteiger charge is -2.12.